The number of aromatic nitrogens is 2. The van der Waals surface area contributed by atoms with Gasteiger partial charge in [-0.1, -0.05) is 0 Å². The van der Waals surface area contributed by atoms with E-state index in [1.54, 1.807) is 20.0 Å². The Labute approximate surface area is 59.1 Å². The molecule has 0 saturated carbocycles. The van der Waals surface area contributed by atoms with Crippen LogP contribution in [0.3, 0.4) is 0 Å². The van der Waals surface area contributed by atoms with E-state index in [4.69, 9.17) is 0 Å². The Balaban J connectivity index is 3.21. The summed E-state index contributed by atoms with van der Waals surface area (Å²) in [6.45, 7) is 3.57. The SMILES string of the molecule is Cc1cnc(C)c(C=O)n1. The van der Waals surface area contributed by atoms with Crippen LogP contribution in [0.4, 0.5) is 0 Å². The molecule has 1 aromatic heterocycles. The molecule has 0 aliphatic heterocycles. The Bertz CT molecular complexity index is 258. The number of hydrogen-bond acceptors (Lipinski definition) is 3. The second-order valence-electron chi connectivity index (χ2n) is 2.10. The zero-order valence-electron chi connectivity index (χ0n) is 5.96. The van der Waals surface area contributed by atoms with E-state index < -0.39 is 0 Å². The second-order valence-corrected chi connectivity index (χ2v) is 2.10. The normalized spacial score (nSPS) is 9.40. The molecule has 0 unspecified atom stereocenters. The van der Waals surface area contributed by atoms with Crippen molar-refractivity contribution in [2.24, 2.45) is 0 Å². The van der Waals surface area contributed by atoms with E-state index in [0.29, 0.717) is 11.4 Å². The summed E-state index contributed by atoms with van der Waals surface area (Å²) in [6, 6.07) is 0. The van der Waals surface area contributed by atoms with Gasteiger partial charge in [0.2, 0.25) is 0 Å². The highest BCUT2D eigenvalue weighted by Crippen LogP contribution is 1.97. The lowest BCUT2D eigenvalue weighted by molar-refractivity contribution is 0.111. The zero-order chi connectivity index (χ0) is 7.56. The minimum Gasteiger partial charge on any atom is -0.296 e. The van der Waals surface area contributed by atoms with Crippen molar-refractivity contribution in [1.82, 2.24) is 9.97 Å². The van der Waals surface area contributed by atoms with Crippen molar-refractivity contribution in [1.29, 1.82) is 0 Å². The highest BCUT2D eigenvalue weighted by Gasteiger charge is 1.97. The van der Waals surface area contributed by atoms with E-state index in [-0.39, 0.29) is 0 Å². The molecular weight excluding hydrogens is 128 g/mol. The van der Waals surface area contributed by atoms with Crippen molar-refractivity contribution in [3.05, 3.63) is 23.3 Å². The predicted molar refractivity (Wildman–Crippen MR) is 36.9 cm³/mol. The lowest BCUT2D eigenvalue weighted by atomic mass is 10.3. The highest BCUT2D eigenvalue weighted by atomic mass is 16.1. The minimum absolute atomic E-state index is 0.431. The van der Waals surface area contributed by atoms with Gasteiger partial charge in [-0.15, -0.1) is 0 Å². The van der Waals surface area contributed by atoms with Crippen molar-refractivity contribution in [2.75, 3.05) is 0 Å². The summed E-state index contributed by atoms with van der Waals surface area (Å²) in [5.41, 5.74) is 1.88. The molecule has 0 saturated heterocycles. The maximum absolute atomic E-state index is 10.3. The fourth-order valence-electron chi connectivity index (χ4n) is 0.668. The average Bonchev–Trinajstić information content (AvgIpc) is 1.94. The molecule has 0 radical (unpaired) electrons. The summed E-state index contributed by atoms with van der Waals surface area (Å²) in [7, 11) is 0. The number of rotatable bonds is 1. The lowest BCUT2D eigenvalue weighted by Crippen LogP contribution is -1.96. The Hall–Kier alpha value is -1.25. The summed E-state index contributed by atoms with van der Waals surface area (Å²) in [4.78, 5) is 18.2. The van der Waals surface area contributed by atoms with Gasteiger partial charge >= 0.3 is 0 Å². The zero-order valence-corrected chi connectivity index (χ0v) is 5.96. The molecule has 0 aliphatic rings. The third-order valence-corrected chi connectivity index (χ3v) is 1.22. The Kier molecular flexibility index (Phi) is 1.76. The van der Waals surface area contributed by atoms with E-state index in [1.807, 2.05) is 0 Å². The van der Waals surface area contributed by atoms with Gasteiger partial charge in [0.1, 0.15) is 5.69 Å². The van der Waals surface area contributed by atoms with Crippen molar-refractivity contribution >= 4 is 6.29 Å². The van der Waals surface area contributed by atoms with Crippen molar-refractivity contribution in [3.63, 3.8) is 0 Å². The molecule has 0 aromatic carbocycles. The molecule has 1 aromatic rings. The molecule has 52 valence electrons. The quantitative estimate of drug-likeness (QED) is 0.539. The molecule has 0 spiro atoms. The summed E-state index contributed by atoms with van der Waals surface area (Å²) < 4.78 is 0. The Morgan fingerprint density at radius 2 is 2.20 bits per heavy atom. The van der Waals surface area contributed by atoms with Crippen LogP contribution in [0.15, 0.2) is 6.20 Å². The van der Waals surface area contributed by atoms with Gasteiger partial charge in [0.25, 0.3) is 0 Å². The first kappa shape index (κ1) is 6.86. The van der Waals surface area contributed by atoms with Gasteiger partial charge < -0.3 is 0 Å². The molecule has 1 heterocycles. The third-order valence-electron chi connectivity index (χ3n) is 1.22. The van der Waals surface area contributed by atoms with Crippen LogP contribution in [0.1, 0.15) is 21.9 Å². The molecule has 3 nitrogen and oxygen atoms in total. The molecular formula is C7H8N2O. The van der Waals surface area contributed by atoms with E-state index >= 15 is 0 Å². The van der Waals surface area contributed by atoms with Crippen LogP contribution >= 0.6 is 0 Å². The first-order valence-electron chi connectivity index (χ1n) is 2.99. The highest BCUT2D eigenvalue weighted by molar-refractivity contribution is 5.73. The monoisotopic (exact) mass is 136 g/mol. The number of carbonyl (C=O) groups excluding carboxylic acids is 1. The molecule has 0 amide bonds. The van der Waals surface area contributed by atoms with Crippen LogP contribution in [0.25, 0.3) is 0 Å². The van der Waals surface area contributed by atoms with E-state index in [9.17, 15) is 4.79 Å². The van der Waals surface area contributed by atoms with Crippen LogP contribution in [0.5, 0.6) is 0 Å². The maximum Gasteiger partial charge on any atom is 0.170 e. The maximum atomic E-state index is 10.3. The third kappa shape index (κ3) is 1.18. The number of hydrogen-bond donors (Lipinski definition) is 0. The number of carbonyl (C=O) groups is 1. The molecule has 0 atom stereocenters. The minimum atomic E-state index is 0.431. The fraction of sp³-hybridized carbons (Fsp3) is 0.286. The van der Waals surface area contributed by atoms with Crippen LogP contribution in [-0.2, 0) is 0 Å². The second kappa shape index (κ2) is 2.56. The van der Waals surface area contributed by atoms with E-state index in [2.05, 4.69) is 9.97 Å². The smallest absolute Gasteiger partial charge is 0.170 e. The number of aldehydes is 1. The van der Waals surface area contributed by atoms with Crippen molar-refractivity contribution < 1.29 is 4.79 Å². The van der Waals surface area contributed by atoms with Gasteiger partial charge in [-0.25, -0.2) is 4.98 Å². The van der Waals surface area contributed by atoms with Gasteiger partial charge in [0, 0.05) is 6.20 Å². The van der Waals surface area contributed by atoms with E-state index in [1.165, 1.54) is 0 Å². The average molecular weight is 136 g/mol. The predicted octanol–water partition coefficient (Wildman–Crippen LogP) is 0.906. The van der Waals surface area contributed by atoms with Gasteiger partial charge in [0.05, 0.1) is 11.4 Å². The molecule has 1 rings (SSSR count). The van der Waals surface area contributed by atoms with Crippen molar-refractivity contribution in [2.45, 2.75) is 13.8 Å². The largest absolute Gasteiger partial charge is 0.296 e. The topological polar surface area (TPSA) is 42.9 Å². The summed E-state index contributed by atoms with van der Waals surface area (Å²) >= 11 is 0. The van der Waals surface area contributed by atoms with Gasteiger partial charge in [-0.05, 0) is 13.8 Å². The summed E-state index contributed by atoms with van der Waals surface area (Å²) in [5.74, 6) is 0. The lowest BCUT2D eigenvalue weighted by Gasteiger charge is -1.95. The van der Waals surface area contributed by atoms with Gasteiger partial charge in [-0.2, -0.15) is 0 Å². The van der Waals surface area contributed by atoms with Crippen LogP contribution in [-0.4, -0.2) is 16.3 Å². The molecule has 0 N–H and O–H groups in total. The molecule has 10 heavy (non-hydrogen) atoms. The van der Waals surface area contributed by atoms with E-state index in [0.717, 1.165) is 12.0 Å². The first-order chi connectivity index (χ1) is 4.74. The van der Waals surface area contributed by atoms with Crippen molar-refractivity contribution in [3.8, 4) is 0 Å². The fourth-order valence-corrected chi connectivity index (χ4v) is 0.668. The molecule has 0 bridgehead atoms. The van der Waals surface area contributed by atoms with Crippen LogP contribution < -0.4 is 0 Å². The van der Waals surface area contributed by atoms with Gasteiger partial charge in [0.15, 0.2) is 6.29 Å². The number of aryl methyl sites for hydroxylation is 2. The Morgan fingerprint density at radius 3 is 2.70 bits per heavy atom. The van der Waals surface area contributed by atoms with Crippen LogP contribution in [0, 0.1) is 13.8 Å². The van der Waals surface area contributed by atoms with Gasteiger partial charge in [-0.3, -0.25) is 9.78 Å². The standard InChI is InChI=1S/C7H8N2O/c1-5-3-8-6(2)7(4-10)9-5/h3-4H,1-2H3. The molecule has 0 fully saturated rings. The molecule has 0 aliphatic carbocycles. The Morgan fingerprint density at radius 1 is 1.50 bits per heavy atom. The van der Waals surface area contributed by atoms with Crippen LogP contribution in [0.2, 0.25) is 0 Å². The first-order valence-corrected chi connectivity index (χ1v) is 2.99. The molecule has 3 heteroatoms. The summed E-state index contributed by atoms with van der Waals surface area (Å²) in [6.07, 6.45) is 2.36. The number of nitrogens with zero attached hydrogens (tertiary/aromatic N) is 2. The summed E-state index contributed by atoms with van der Waals surface area (Å²) in [5, 5.41) is 0.